The molecule has 52 valence electrons. The summed E-state index contributed by atoms with van der Waals surface area (Å²) in [5.74, 6) is -2.80. The van der Waals surface area contributed by atoms with E-state index >= 15 is 0 Å². The summed E-state index contributed by atoms with van der Waals surface area (Å²) in [5, 5.41) is 17.2. The SMILES string of the molecule is N.O=C([O-])/C=C\C(=O)O.[H+]. The molecule has 0 radical (unpaired) electrons. The highest BCUT2D eigenvalue weighted by atomic mass is 16.4. The van der Waals surface area contributed by atoms with Crippen LogP contribution in [-0.4, -0.2) is 17.0 Å². The molecule has 0 aromatic heterocycles. The van der Waals surface area contributed by atoms with Gasteiger partial charge >= 0.3 is 7.40 Å². The van der Waals surface area contributed by atoms with Crippen LogP contribution in [0.3, 0.4) is 0 Å². The quantitative estimate of drug-likeness (QED) is 0.452. The number of carboxylic acids is 2. The number of hydrogen-bond donors (Lipinski definition) is 2. The molecule has 0 aromatic carbocycles. The van der Waals surface area contributed by atoms with E-state index < -0.39 is 11.9 Å². The standard InChI is InChI=1S/C4H4O4.H3N/c5-3(6)1-2-4(7)8;/h1-2H,(H,5,6)(H,7,8);1H3/b2-1-;. The Hall–Kier alpha value is -1.36. The number of rotatable bonds is 2. The summed E-state index contributed by atoms with van der Waals surface area (Å²) in [6.07, 6.45) is 0.942. The number of hydrogen-bond acceptors (Lipinski definition) is 4. The van der Waals surface area contributed by atoms with Crippen molar-refractivity contribution in [2.24, 2.45) is 0 Å². The van der Waals surface area contributed by atoms with Gasteiger partial charge in [-0.25, -0.2) is 4.79 Å². The molecule has 9 heavy (non-hydrogen) atoms. The third kappa shape index (κ3) is 10.8. The lowest BCUT2D eigenvalue weighted by molar-refractivity contribution is -0.297. The fraction of sp³-hybridized carbons (Fsp3) is 0. The molecule has 0 aliphatic rings. The van der Waals surface area contributed by atoms with Gasteiger partial charge in [0.05, 0.1) is 5.97 Å². The van der Waals surface area contributed by atoms with E-state index in [1.807, 2.05) is 0 Å². The van der Waals surface area contributed by atoms with Crippen LogP contribution in [0.15, 0.2) is 12.2 Å². The van der Waals surface area contributed by atoms with E-state index in [1.165, 1.54) is 0 Å². The van der Waals surface area contributed by atoms with Gasteiger partial charge in [-0.3, -0.25) is 0 Å². The molecule has 0 heterocycles. The topological polar surface area (TPSA) is 112 Å². The molecular formula is C4H7NO4. The molecule has 4 N–H and O–H groups in total. The van der Waals surface area contributed by atoms with E-state index in [0.29, 0.717) is 12.2 Å². The average Bonchev–Trinajstić information content (AvgIpc) is 1.61. The molecule has 0 aliphatic carbocycles. The predicted molar refractivity (Wildman–Crippen MR) is 27.9 cm³/mol. The zero-order valence-electron chi connectivity index (χ0n) is 5.53. The van der Waals surface area contributed by atoms with Crippen LogP contribution in [0, 0.1) is 0 Å². The Kier molecular flexibility index (Phi) is 5.64. The first kappa shape index (κ1) is 10.6. The third-order valence-corrected chi connectivity index (χ3v) is 0.362. The lowest BCUT2D eigenvalue weighted by Gasteiger charge is -1.85. The predicted octanol–water partition coefficient (Wildman–Crippen LogP) is -1.35. The molecule has 0 unspecified atom stereocenters. The van der Waals surface area contributed by atoms with Gasteiger partial charge in [0.25, 0.3) is 0 Å². The van der Waals surface area contributed by atoms with Gasteiger partial charge in [-0.05, 0) is 6.08 Å². The van der Waals surface area contributed by atoms with Gasteiger partial charge in [0, 0.05) is 6.08 Å². The van der Waals surface area contributed by atoms with Crippen molar-refractivity contribution in [2.45, 2.75) is 0 Å². The highest BCUT2D eigenvalue weighted by Gasteiger charge is 1.81. The summed E-state index contributed by atoms with van der Waals surface area (Å²) in [5.41, 5.74) is 0. The van der Waals surface area contributed by atoms with E-state index in [2.05, 4.69) is 0 Å². The summed E-state index contributed by atoms with van der Waals surface area (Å²) in [6.45, 7) is 0. The monoisotopic (exact) mass is 133 g/mol. The first-order chi connectivity index (χ1) is 3.63. The molecule has 0 aliphatic heterocycles. The van der Waals surface area contributed by atoms with E-state index in [-0.39, 0.29) is 7.58 Å². The first-order valence-electron chi connectivity index (χ1n) is 1.75. The summed E-state index contributed by atoms with van der Waals surface area (Å²) in [7, 11) is 0. The van der Waals surface area contributed by atoms with Crippen molar-refractivity contribution in [1.29, 1.82) is 0 Å². The number of carbonyl (C=O) groups is 2. The summed E-state index contributed by atoms with van der Waals surface area (Å²) >= 11 is 0. The van der Waals surface area contributed by atoms with Crippen molar-refractivity contribution in [3.8, 4) is 0 Å². The average molecular weight is 133 g/mol. The van der Waals surface area contributed by atoms with Crippen molar-refractivity contribution in [1.82, 2.24) is 6.15 Å². The first-order valence-corrected chi connectivity index (χ1v) is 1.75. The smallest absolute Gasteiger partial charge is 0.545 e. The summed E-state index contributed by atoms with van der Waals surface area (Å²) in [4.78, 5) is 19.0. The van der Waals surface area contributed by atoms with Gasteiger partial charge < -0.3 is 21.2 Å². The van der Waals surface area contributed by atoms with Crippen LogP contribution in [0.1, 0.15) is 1.43 Å². The van der Waals surface area contributed by atoms with Gasteiger partial charge in [0.1, 0.15) is 0 Å². The number of carboxylic acid groups (broad SMARTS) is 2. The largest absolute Gasteiger partial charge is 1.00 e. The van der Waals surface area contributed by atoms with E-state index in [1.54, 1.807) is 0 Å². The van der Waals surface area contributed by atoms with Crippen LogP contribution < -0.4 is 11.3 Å². The Morgan fingerprint density at radius 2 is 1.89 bits per heavy atom. The summed E-state index contributed by atoms with van der Waals surface area (Å²) in [6, 6.07) is 0. The minimum Gasteiger partial charge on any atom is -0.545 e. The fourth-order valence-corrected chi connectivity index (χ4v) is 0.139. The molecule has 0 spiro atoms. The maximum atomic E-state index is 9.53. The van der Waals surface area contributed by atoms with Gasteiger partial charge in [-0.15, -0.1) is 0 Å². The second-order valence-corrected chi connectivity index (χ2v) is 0.991. The molecule has 0 rings (SSSR count). The van der Waals surface area contributed by atoms with Crippen LogP contribution in [0.4, 0.5) is 0 Å². The highest BCUT2D eigenvalue weighted by Crippen LogP contribution is 1.67. The van der Waals surface area contributed by atoms with Crippen molar-refractivity contribution < 1.29 is 21.2 Å². The molecule has 5 heteroatoms. The zero-order valence-corrected chi connectivity index (χ0v) is 4.53. The third-order valence-electron chi connectivity index (χ3n) is 0.362. The lowest BCUT2D eigenvalue weighted by Crippen LogP contribution is -2.19. The molecule has 0 atom stereocenters. The zero-order chi connectivity index (χ0) is 6.57. The molecule has 5 nitrogen and oxygen atoms in total. The van der Waals surface area contributed by atoms with Crippen LogP contribution in [0.2, 0.25) is 0 Å². The van der Waals surface area contributed by atoms with Gasteiger partial charge in [-0.1, -0.05) is 0 Å². The number of aliphatic carboxylic acids is 2. The van der Waals surface area contributed by atoms with Crippen molar-refractivity contribution in [3.05, 3.63) is 12.2 Å². The van der Waals surface area contributed by atoms with Crippen molar-refractivity contribution in [3.63, 3.8) is 0 Å². The molecule has 0 amide bonds. The molecule has 0 saturated carbocycles. The van der Waals surface area contributed by atoms with Gasteiger partial charge in [-0.2, -0.15) is 0 Å². The molecule has 0 bridgehead atoms. The van der Waals surface area contributed by atoms with Crippen LogP contribution in [0.5, 0.6) is 0 Å². The molecule has 0 saturated heterocycles. The Morgan fingerprint density at radius 1 is 1.44 bits per heavy atom. The second kappa shape index (κ2) is 4.79. The van der Waals surface area contributed by atoms with Gasteiger partial charge in [0.2, 0.25) is 0 Å². The molecule has 0 fully saturated rings. The normalized spacial score (nSPS) is 8.44. The van der Waals surface area contributed by atoms with Gasteiger partial charge in [0.15, 0.2) is 0 Å². The van der Waals surface area contributed by atoms with Crippen molar-refractivity contribution in [2.75, 3.05) is 0 Å². The maximum absolute atomic E-state index is 9.53. The fourth-order valence-electron chi connectivity index (χ4n) is 0.139. The lowest BCUT2D eigenvalue weighted by atomic mass is 10.5. The van der Waals surface area contributed by atoms with Crippen molar-refractivity contribution >= 4 is 11.9 Å². The van der Waals surface area contributed by atoms with Crippen LogP contribution >= 0.6 is 0 Å². The van der Waals surface area contributed by atoms with E-state index in [9.17, 15) is 14.7 Å². The van der Waals surface area contributed by atoms with Crippen LogP contribution in [0.25, 0.3) is 0 Å². The maximum Gasteiger partial charge on any atom is 1.00 e. The minimum absolute atomic E-state index is 0. The summed E-state index contributed by atoms with van der Waals surface area (Å²) < 4.78 is 0. The minimum atomic E-state index is -1.51. The van der Waals surface area contributed by atoms with E-state index in [0.717, 1.165) is 0 Å². The van der Waals surface area contributed by atoms with Crippen LogP contribution in [-0.2, 0) is 9.59 Å². The second-order valence-electron chi connectivity index (χ2n) is 0.991. The Morgan fingerprint density at radius 3 is 2.00 bits per heavy atom. The molecule has 0 aromatic rings. The highest BCUT2D eigenvalue weighted by molar-refractivity contribution is 5.88. The Balaban J connectivity index is -0.000000245. The van der Waals surface area contributed by atoms with E-state index in [4.69, 9.17) is 5.11 Å². The Labute approximate surface area is 52.7 Å². The molecular weight excluding hydrogens is 126 g/mol. The Bertz CT molecular complexity index is 128. The number of carbonyl (C=O) groups excluding carboxylic acids is 1.